The van der Waals surface area contributed by atoms with Gasteiger partial charge in [0.2, 0.25) is 5.91 Å². The van der Waals surface area contributed by atoms with Gasteiger partial charge >= 0.3 is 0 Å². The maximum atomic E-state index is 12.1. The first-order chi connectivity index (χ1) is 10.1. The Hall–Kier alpha value is -1.36. The average molecular weight is 323 g/mol. The van der Waals surface area contributed by atoms with Crippen molar-refractivity contribution in [3.63, 3.8) is 0 Å². The van der Waals surface area contributed by atoms with E-state index in [2.05, 4.69) is 12.2 Å². The minimum atomic E-state index is 0.000975. The van der Waals surface area contributed by atoms with Crippen LogP contribution in [0.1, 0.15) is 17.4 Å². The minimum absolute atomic E-state index is 0.000975. The number of halogens is 1. The summed E-state index contributed by atoms with van der Waals surface area (Å²) in [6.45, 7) is 3.16. The fourth-order valence-electron chi connectivity index (χ4n) is 2.14. The maximum Gasteiger partial charge on any atom is 0.238 e. The second-order valence-corrected chi connectivity index (χ2v) is 6.74. The topological polar surface area (TPSA) is 32.3 Å². The first kappa shape index (κ1) is 16.0. The molecule has 0 radical (unpaired) electrons. The molecule has 0 unspecified atom stereocenters. The highest BCUT2D eigenvalue weighted by atomic mass is 35.5. The Kier molecular flexibility index (Phi) is 5.79. The Balaban J connectivity index is 1.89. The number of carbonyl (C=O) groups is 1. The van der Waals surface area contributed by atoms with E-state index in [9.17, 15) is 4.79 Å². The van der Waals surface area contributed by atoms with Crippen molar-refractivity contribution in [2.75, 3.05) is 18.9 Å². The highest BCUT2D eigenvalue weighted by Crippen LogP contribution is 2.22. The van der Waals surface area contributed by atoms with Crippen LogP contribution in [0, 0.1) is 0 Å². The Labute approximate surface area is 134 Å². The number of nitrogens with zero attached hydrogens (tertiary/aromatic N) is 1. The predicted octanol–water partition coefficient (Wildman–Crippen LogP) is 4.03. The van der Waals surface area contributed by atoms with Crippen LogP contribution >= 0.6 is 22.9 Å². The molecule has 1 heterocycles. The third kappa shape index (κ3) is 4.84. The lowest BCUT2D eigenvalue weighted by molar-refractivity contribution is -0.117. The number of hydrogen-bond donors (Lipinski definition) is 1. The van der Waals surface area contributed by atoms with Gasteiger partial charge in [-0.2, -0.15) is 0 Å². The Morgan fingerprint density at radius 1 is 1.29 bits per heavy atom. The van der Waals surface area contributed by atoms with Gasteiger partial charge in [-0.25, -0.2) is 0 Å². The quantitative estimate of drug-likeness (QED) is 0.870. The van der Waals surface area contributed by atoms with Crippen LogP contribution in [0.15, 0.2) is 36.4 Å². The van der Waals surface area contributed by atoms with E-state index in [0.717, 1.165) is 33.4 Å². The lowest BCUT2D eigenvalue weighted by atomic mass is 10.1. The van der Waals surface area contributed by atoms with Crippen molar-refractivity contribution in [2.45, 2.75) is 19.9 Å². The zero-order valence-electron chi connectivity index (χ0n) is 12.2. The summed E-state index contributed by atoms with van der Waals surface area (Å²) in [7, 11) is 1.93. The molecule has 1 N–H and O–H groups in total. The first-order valence-corrected chi connectivity index (χ1v) is 8.08. The van der Waals surface area contributed by atoms with E-state index in [1.807, 2.05) is 48.3 Å². The number of thiophene rings is 1. The molecule has 0 aliphatic rings. The summed E-state index contributed by atoms with van der Waals surface area (Å²) >= 11 is 7.46. The van der Waals surface area contributed by atoms with E-state index in [1.54, 1.807) is 11.3 Å². The van der Waals surface area contributed by atoms with Crippen molar-refractivity contribution in [3.05, 3.63) is 51.2 Å². The summed E-state index contributed by atoms with van der Waals surface area (Å²) in [6, 6.07) is 11.8. The summed E-state index contributed by atoms with van der Waals surface area (Å²) in [5.74, 6) is 0.000975. The van der Waals surface area contributed by atoms with Crippen molar-refractivity contribution in [3.8, 4) is 0 Å². The van der Waals surface area contributed by atoms with Crippen molar-refractivity contribution in [1.82, 2.24) is 4.90 Å². The standard InChI is InChI=1S/C16H19ClN2OS/c1-3-12-6-4-5-7-14(12)18-16(20)11-19(2)10-13-8-9-15(17)21-13/h4-9H,3,10-11H2,1-2H3,(H,18,20). The highest BCUT2D eigenvalue weighted by Gasteiger charge is 2.10. The molecule has 1 aromatic carbocycles. The fraction of sp³-hybridized carbons (Fsp3) is 0.312. The maximum absolute atomic E-state index is 12.1. The number of nitrogens with one attached hydrogen (secondary N) is 1. The molecular formula is C16H19ClN2OS. The fourth-order valence-corrected chi connectivity index (χ4v) is 3.31. The van der Waals surface area contributed by atoms with Crippen LogP contribution in [0.3, 0.4) is 0 Å². The number of amides is 1. The molecular weight excluding hydrogens is 304 g/mol. The third-order valence-electron chi connectivity index (χ3n) is 3.14. The zero-order chi connectivity index (χ0) is 15.2. The number of benzene rings is 1. The first-order valence-electron chi connectivity index (χ1n) is 6.89. The van der Waals surface area contributed by atoms with Gasteiger partial charge in [-0.15, -0.1) is 11.3 Å². The molecule has 0 atom stereocenters. The molecule has 0 saturated carbocycles. The number of carbonyl (C=O) groups excluding carboxylic acids is 1. The Morgan fingerprint density at radius 3 is 2.71 bits per heavy atom. The second-order valence-electron chi connectivity index (χ2n) is 4.94. The Bertz CT molecular complexity index is 612. The smallest absolute Gasteiger partial charge is 0.238 e. The molecule has 2 aromatic rings. The van der Waals surface area contributed by atoms with Crippen molar-refractivity contribution in [1.29, 1.82) is 0 Å². The summed E-state index contributed by atoms with van der Waals surface area (Å²) < 4.78 is 0.778. The summed E-state index contributed by atoms with van der Waals surface area (Å²) in [4.78, 5) is 15.2. The number of hydrogen-bond acceptors (Lipinski definition) is 3. The molecule has 0 fully saturated rings. The van der Waals surface area contributed by atoms with E-state index < -0.39 is 0 Å². The van der Waals surface area contributed by atoms with Crippen LogP contribution in [0.5, 0.6) is 0 Å². The van der Waals surface area contributed by atoms with Crippen LogP contribution in [0.25, 0.3) is 0 Å². The second kappa shape index (κ2) is 7.59. The van der Waals surface area contributed by atoms with Gasteiger partial charge in [-0.05, 0) is 37.2 Å². The van der Waals surface area contributed by atoms with Crippen LogP contribution in [0.2, 0.25) is 4.34 Å². The van der Waals surface area contributed by atoms with E-state index in [1.165, 1.54) is 0 Å². The molecule has 0 spiro atoms. The molecule has 0 aliphatic carbocycles. The van der Waals surface area contributed by atoms with Crippen LogP contribution in [0.4, 0.5) is 5.69 Å². The van der Waals surface area contributed by atoms with Gasteiger partial charge in [0, 0.05) is 17.1 Å². The monoisotopic (exact) mass is 322 g/mol. The van der Waals surface area contributed by atoms with Gasteiger partial charge in [0.05, 0.1) is 10.9 Å². The van der Waals surface area contributed by atoms with Gasteiger partial charge in [0.15, 0.2) is 0 Å². The lowest BCUT2D eigenvalue weighted by Crippen LogP contribution is -2.29. The van der Waals surface area contributed by atoms with Crippen LogP contribution in [-0.2, 0) is 17.8 Å². The summed E-state index contributed by atoms with van der Waals surface area (Å²) in [5.41, 5.74) is 2.05. The molecule has 1 amide bonds. The molecule has 112 valence electrons. The molecule has 5 heteroatoms. The number of likely N-dealkylation sites (N-methyl/N-ethyl adjacent to an activating group) is 1. The molecule has 0 saturated heterocycles. The molecule has 21 heavy (non-hydrogen) atoms. The van der Waals surface area contributed by atoms with E-state index in [0.29, 0.717) is 6.54 Å². The van der Waals surface area contributed by atoms with Crippen molar-refractivity contribution >= 4 is 34.5 Å². The minimum Gasteiger partial charge on any atom is -0.325 e. The van der Waals surface area contributed by atoms with Gasteiger partial charge < -0.3 is 5.32 Å². The predicted molar refractivity (Wildman–Crippen MR) is 90.1 cm³/mol. The van der Waals surface area contributed by atoms with E-state index >= 15 is 0 Å². The normalized spacial score (nSPS) is 10.9. The number of para-hydroxylation sites is 1. The van der Waals surface area contributed by atoms with Gasteiger partial charge in [-0.3, -0.25) is 9.69 Å². The van der Waals surface area contributed by atoms with Gasteiger partial charge in [-0.1, -0.05) is 36.7 Å². The van der Waals surface area contributed by atoms with E-state index in [4.69, 9.17) is 11.6 Å². The van der Waals surface area contributed by atoms with E-state index in [-0.39, 0.29) is 5.91 Å². The molecule has 0 bridgehead atoms. The van der Waals surface area contributed by atoms with Crippen LogP contribution < -0.4 is 5.32 Å². The number of aryl methyl sites for hydroxylation is 1. The largest absolute Gasteiger partial charge is 0.325 e. The van der Waals surface area contributed by atoms with Crippen molar-refractivity contribution < 1.29 is 4.79 Å². The Morgan fingerprint density at radius 2 is 2.05 bits per heavy atom. The molecule has 1 aromatic heterocycles. The van der Waals surface area contributed by atoms with Gasteiger partial charge in [0.25, 0.3) is 0 Å². The molecule has 3 nitrogen and oxygen atoms in total. The lowest BCUT2D eigenvalue weighted by Gasteiger charge is -2.16. The van der Waals surface area contributed by atoms with Crippen molar-refractivity contribution in [2.24, 2.45) is 0 Å². The SMILES string of the molecule is CCc1ccccc1NC(=O)CN(C)Cc1ccc(Cl)s1. The number of anilines is 1. The zero-order valence-corrected chi connectivity index (χ0v) is 13.8. The van der Waals surface area contributed by atoms with Crippen LogP contribution in [-0.4, -0.2) is 24.4 Å². The average Bonchev–Trinajstić information content (AvgIpc) is 2.84. The third-order valence-corrected chi connectivity index (χ3v) is 4.36. The van der Waals surface area contributed by atoms with Gasteiger partial charge in [0.1, 0.15) is 0 Å². The molecule has 2 rings (SSSR count). The number of rotatable bonds is 6. The molecule has 0 aliphatic heterocycles. The highest BCUT2D eigenvalue weighted by molar-refractivity contribution is 7.16. The summed E-state index contributed by atoms with van der Waals surface area (Å²) in [6.07, 6.45) is 0.903. The summed E-state index contributed by atoms with van der Waals surface area (Å²) in [5, 5.41) is 2.98.